The number of rotatable bonds is 3. The molecule has 13 heteroatoms. The highest BCUT2D eigenvalue weighted by Gasteiger charge is 2.38. The Morgan fingerprint density at radius 3 is 2.37 bits per heavy atom. The summed E-state index contributed by atoms with van der Waals surface area (Å²) in [6, 6.07) is 0.140. The van der Waals surface area contributed by atoms with Crippen molar-refractivity contribution in [3.8, 4) is 11.6 Å². The zero-order valence-electron chi connectivity index (χ0n) is 8.58. The average Bonchev–Trinajstić information content (AvgIpc) is 2.16. The molecule has 3 N–H and O–H groups in total. The maximum atomic E-state index is 11.9. The van der Waals surface area contributed by atoms with Crippen molar-refractivity contribution in [3.05, 3.63) is 16.2 Å². The highest BCUT2D eigenvalue weighted by atomic mass is 32.2. The monoisotopic (exact) mass is 303 g/mol. The number of nitrogens with two attached hydrogens (primary N) is 1. The Bertz CT molecular complexity index is 628. The molecular formula is C6H4F3N3O6S. The Balaban J connectivity index is 3.50. The van der Waals surface area contributed by atoms with Crippen molar-refractivity contribution in [3.63, 3.8) is 0 Å². The third-order valence-electron chi connectivity index (χ3n) is 1.61. The molecule has 19 heavy (non-hydrogen) atoms. The van der Waals surface area contributed by atoms with E-state index in [0.717, 1.165) is 0 Å². The number of nitrogens with zero attached hydrogens (tertiary/aromatic N) is 2. The normalized spacial score (nSPS) is 12.2. The predicted octanol–water partition coefficient (Wildman–Crippen LogP) is 0.241. The van der Waals surface area contributed by atoms with E-state index in [4.69, 9.17) is 5.11 Å². The number of aromatic hydroxyl groups is 1. The van der Waals surface area contributed by atoms with Gasteiger partial charge in [-0.15, -0.1) is 13.2 Å². The Kier molecular flexibility index (Phi) is 3.54. The van der Waals surface area contributed by atoms with Gasteiger partial charge in [-0.3, -0.25) is 0 Å². The van der Waals surface area contributed by atoms with Crippen LogP contribution in [0.1, 0.15) is 0 Å². The van der Waals surface area contributed by atoms with E-state index in [-0.39, 0.29) is 6.07 Å². The second-order valence-corrected chi connectivity index (χ2v) is 4.51. The summed E-state index contributed by atoms with van der Waals surface area (Å²) >= 11 is 0. The number of aromatic nitrogens is 1. The lowest BCUT2D eigenvalue weighted by molar-refractivity contribution is -0.393. The summed E-state index contributed by atoms with van der Waals surface area (Å²) in [5.41, 5.74) is 0. The van der Waals surface area contributed by atoms with Gasteiger partial charge >= 0.3 is 18.1 Å². The first-order valence-corrected chi connectivity index (χ1v) is 5.63. The molecule has 9 nitrogen and oxygen atoms in total. The molecule has 0 amide bonds. The fourth-order valence-corrected chi connectivity index (χ4v) is 1.63. The van der Waals surface area contributed by atoms with Crippen LogP contribution in [0, 0.1) is 10.1 Å². The maximum absolute atomic E-state index is 11.9. The van der Waals surface area contributed by atoms with Gasteiger partial charge in [0.1, 0.15) is 0 Å². The van der Waals surface area contributed by atoms with Crippen LogP contribution in [0.25, 0.3) is 0 Å². The minimum absolute atomic E-state index is 0.140. The summed E-state index contributed by atoms with van der Waals surface area (Å²) in [6.45, 7) is 0. The van der Waals surface area contributed by atoms with Crippen LogP contribution < -0.4 is 9.88 Å². The standard InChI is InChI=1S/C6H4F3N3O6S/c7-6(8,9)18-5-2(13)1-3(19(10,16)17)4(11-5)12(14)15/h1,13H,(H2,10,16,17). The van der Waals surface area contributed by atoms with Gasteiger partial charge in [-0.25, -0.2) is 13.6 Å². The van der Waals surface area contributed by atoms with Gasteiger partial charge < -0.3 is 20.0 Å². The molecule has 0 saturated carbocycles. The van der Waals surface area contributed by atoms with Crippen molar-refractivity contribution >= 4 is 15.8 Å². The molecule has 1 rings (SSSR count). The van der Waals surface area contributed by atoms with E-state index in [0.29, 0.717) is 0 Å². The van der Waals surface area contributed by atoms with Crippen molar-refractivity contribution in [2.75, 3.05) is 0 Å². The van der Waals surface area contributed by atoms with Gasteiger partial charge in [0.25, 0.3) is 0 Å². The second kappa shape index (κ2) is 4.51. The van der Waals surface area contributed by atoms with E-state index in [2.05, 4.69) is 14.9 Å². The van der Waals surface area contributed by atoms with E-state index in [9.17, 15) is 31.7 Å². The molecule has 0 atom stereocenters. The van der Waals surface area contributed by atoms with Crippen LogP contribution in [0.2, 0.25) is 0 Å². The topological polar surface area (TPSA) is 146 Å². The molecule has 0 unspecified atom stereocenters. The molecular weight excluding hydrogens is 299 g/mol. The first-order valence-electron chi connectivity index (χ1n) is 4.09. The second-order valence-electron chi connectivity index (χ2n) is 2.98. The van der Waals surface area contributed by atoms with Gasteiger partial charge in [-0.05, 0) is 4.92 Å². The highest BCUT2D eigenvalue weighted by molar-refractivity contribution is 7.89. The van der Waals surface area contributed by atoms with Crippen LogP contribution in [-0.2, 0) is 10.0 Å². The Labute approximate surface area is 102 Å². The first kappa shape index (κ1) is 14.9. The summed E-state index contributed by atoms with van der Waals surface area (Å²) in [6.07, 6.45) is -5.28. The summed E-state index contributed by atoms with van der Waals surface area (Å²) in [7, 11) is -4.66. The third kappa shape index (κ3) is 3.65. The molecule has 0 radical (unpaired) electrons. The first-order chi connectivity index (χ1) is 8.42. The molecule has 0 aromatic carbocycles. The Morgan fingerprint density at radius 1 is 1.47 bits per heavy atom. The quantitative estimate of drug-likeness (QED) is 0.600. The Morgan fingerprint density at radius 2 is 2.00 bits per heavy atom. The van der Waals surface area contributed by atoms with Crippen molar-refractivity contribution in [1.82, 2.24) is 4.98 Å². The van der Waals surface area contributed by atoms with Gasteiger partial charge in [0.2, 0.25) is 15.8 Å². The smallest absolute Gasteiger partial charge is 0.501 e. The van der Waals surface area contributed by atoms with Crippen LogP contribution in [-0.4, -0.2) is 29.8 Å². The number of halogens is 3. The summed E-state index contributed by atoms with van der Waals surface area (Å²) in [5.74, 6) is -4.43. The Hall–Kier alpha value is -2.15. The molecule has 0 saturated heterocycles. The average molecular weight is 303 g/mol. The van der Waals surface area contributed by atoms with E-state index in [1.165, 1.54) is 0 Å². The molecule has 0 aliphatic heterocycles. The molecule has 0 aliphatic rings. The lowest BCUT2D eigenvalue weighted by Gasteiger charge is -2.07. The summed E-state index contributed by atoms with van der Waals surface area (Å²) in [5, 5.41) is 24.2. The van der Waals surface area contributed by atoms with Gasteiger partial charge in [0, 0.05) is 11.1 Å². The van der Waals surface area contributed by atoms with Crippen LogP contribution >= 0.6 is 0 Å². The number of alkyl halides is 3. The van der Waals surface area contributed by atoms with Gasteiger partial charge in [-0.1, -0.05) is 0 Å². The number of pyridine rings is 1. The molecule has 1 heterocycles. The van der Waals surface area contributed by atoms with Gasteiger partial charge in [0.15, 0.2) is 4.90 Å². The fourth-order valence-electron chi connectivity index (χ4n) is 0.984. The number of sulfonamides is 1. The van der Waals surface area contributed by atoms with Crippen molar-refractivity contribution in [2.45, 2.75) is 11.3 Å². The van der Waals surface area contributed by atoms with Gasteiger partial charge in [0.05, 0.1) is 0 Å². The lowest BCUT2D eigenvalue weighted by Crippen LogP contribution is -2.20. The number of hydrogen-bond acceptors (Lipinski definition) is 7. The lowest BCUT2D eigenvalue weighted by atomic mass is 10.4. The maximum Gasteiger partial charge on any atom is 0.575 e. The molecule has 0 spiro atoms. The minimum Gasteiger partial charge on any atom is -0.501 e. The van der Waals surface area contributed by atoms with Crippen LogP contribution in [0.15, 0.2) is 11.0 Å². The minimum atomic E-state index is -5.28. The van der Waals surface area contributed by atoms with E-state index in [1.54, 1.807) is 0 Å². The number of ether oxygens (including phenoxy) is 1. The van der Waals surface area contributed by atoms with Crippen molar-refractivity contribution < 1.29 is 36.4 Å². The SMILES string of the molecule is NS(=O)(=O)c1cc(O)c(OC(F)(F)F)nc1[N+](=O)[O-]. The van der Waals surface area contributed by atoms with Gasteiger partial charge in [-0.2, -0.15) is 0 Å². The van der Waals surface area contributed by atoms with Crippen molar-refractivity contribution in [2.24, 2.45) is 5.14 Å². The molecule has 1 aromatic rings. The summed E-state index contributed by atoms with van der Waals surface area (Å²) in [4.78, 5) is 10.5. The number of hydrogen-bond donors (Lipinski definition) is 2. The molecule has 1 aromatic heterocycles. The summed E-state index contributed by atoms with van der Waals surface area (Å²) < 4.78 is 60.8. The van der Waals surface area contributed by atoms with Crippen LogP contribution in [0.5, 0.6) is 11.6 Å². The van der Waals surface area contributed by atoms with Crippen LogP contribution in [0.3, 0.4) is 0 Å². The fraction of sp³-hybridized carbons (Fsp3) is 0.167. The highest BCUT2D eigenvalue weighted by Crippen LogP contribution is 2.34. The van der Waals surface area contributed by atoms with E-state index >= 15 is 0 Å². The molecule has 0 fully saturated rings. The van der Waals surface area contributed by atoms with Crippen molar-refractivity contribution in [1.29, 1.82) is 0 Å². The molecule has 106 valence electrons. The molecule has 0 bridgehead atoms. The number of nitro groups is 1. The predicted molar refractivity (Wildman–Crippen MR) is 50.6 cm³/mol. The van der Waals surface area contributed by atoms with E-state index < -0.39 is 43.7 Å². The van der Waals surface area contributed by atoms with E-state index in [1.807, 2.05) is 0 Å². The molecule has 0 aliphatic carbocycles. The zero-order chi connectivity index (χ0) is 15.0. The number of primary sulfonamides is 1. The largest absolute Gasteiger partial charge is 0.575 e. The van der Waals surface area contributed by atoms with Crippen LogP contribution in [0.4, 0.5) is 19.0 Å². The zero-order valence-corrected chi connectivity index (χ0v) is 9.40. The third-order valence-corrected chi connectivity index (χ3v) is 2.52.